The van der Waals surface area contributed by atoms with Gasteiger partial charge in [0, 0.05) is 38.5 Å². The largest absolute Gasteiger partial charge is 0.298 e. The van der Waals surface area contributed by atoms with Crippen LogP contribution in [0.3, 0.4) is 0 Å². The lowest BCUT2D eigenvalue weighted by Crippen LogP contribution is -2.34. The molecule has 1 N–H and O–H groups in total. The standard InChI is InChI=1S/C21H30N4O/c1-6-9-17(13-22-5)14-24-12-11-19-20(15-24)23-25(21(19)26)16(4)18(8-3)10-7-2/h7-10,13,16,23H,2-3,6,11-12,14-15H2,1,4-5H3/b17-9+,18-10+,22-13?. The van der Waals surface area contributed by atoms with E-state index in [0.29, 0.717) is 0 Å². The predicted molar refractivity (Wildman–Crippen MR) is 110 cm³/mol. The number of aromatic amines is 1. The van der Waals surface area contributed by atoms with E-state index in [-0.39, 0.29) is 11.6 Å². The Morgan fingerprint density at radius 1 is 1.42 bits per heavy atom. The molecule has 1 aromatic rings. The molecule has 0 saturated carbocycles. The number of nitrogens with zero attached hydrogens (tertiary/aromatic N) is 3. The molecule has 5 heteroatoms. The van der Waals surface area contributed by atoms with Gasteiger partial charge in [0.05, 0.1) is 11.7 Å². The van der Waals surface area contributed by atoms with Crippen molar-refractivity contribution in [2.75, 3.05) is 20.1 Å². The molecule has 0 aromatic carbocycles. The second kappa shape index (κ2) is 9.34. The number of rotatable bonds is 8. The SMILES string of the molecule is C=C/C=C(\C=C)C(C)n1[nH]c2c(c1=O)CCN(C/C(C=NC)=C/CC)C2. The summed E-state index contributed by atoms with van der Waals surface area (Å²) in [7, 11) is 1.80. The zero-order chi connectivity index (χ0) is 19.1. The molecule has 1 aliphatic rings. The molecular formula is C21H30N4O. The number of aliphatic imine (C=N–C) groups is 1. The Bertz CT molecular complexity index is 791. The van der Waals surface area contributed by atoms with Crippen LogP contribution in [-0.4, -0.2) is 41.0 Å². The Morgan fingerprint density at radius 2 is 2.19 bits per heavy atom. The van der Waals surface area contributed by atoms with E-state index in [0.717, 1.165) is 49.3 Å². The number of hydrogen-bond acceptors (Lipinski definition) is 3. The summed E-state index contributed by atoms with van der Waals surface area (Å²) in [6.45, 7) is 14.2. The lowest BCUT2D eigenvalue weighted by Gasteiger charge is -2.26. The second-order valence-electron chi connectivity index (χ2n) is 6.56. The van der Waals surface area contributed by atoms with Gasteiger partial charge in [0.1, 0.15) is 0 Å². The highest BCUT2D eigenvalue weighted by Gasteiger charge is 2.24. The lowest BCUT2D eigenvalue weighted by molar-refractivity contribution is 0.274. The Labute approximate surface area is 156 Å². The van der Waals surface area contributed by atoms with Crippen LogP contribution in [0.1, 0.15) is 37.6 Å². The van der Waals surface area contributed by atoms with E-state index in [1.54, 1.807) is 23.9 Å². The van der Waals surface area contributed by atoms with E-state index >= 15 is 0 Å². The molecule has 0 fully saturated rings. The fraction of sp³-hybridized carbons (Fsp3) is 0.429. The van der Waals surface area contributed by atoms with Crippen LogP contribution in [0.5, 0.6) is 0 Å². The first kappa shape index (κ1) is 19.9. The third kappa shape index (κ3) is 4.41. The molecule has 1 atom stereocenters. The third-order valence-electron chi connectivity index (χ3n) is 4.74. The zero-order valence-electron chi connectivity index (χ0n) is 16.2. The van der Waals surface area contributed by atoms with Gasteiger partial charge < -0.3 is 0 Å². The Morgan fingerprint density at radius 3 is 2.81 bits per heavy atom. The predicted octanol–water partition coefficient (Wildman–Crippen LogP) is 3.43. The van der Waals surface area contributed by atoms with Crippen molar-refractivity contribution in [3.8, 4) is 0 Å². The van der Waals surface area contributed by atoms with Gasteiger partial charge in [0.25, 0.3) is 5.56 Å². The van der Waals surface area contributed by atoms with Crippen molar-refractivity contribution in [2.45, 2.75) is 39.3 Å². The van der Waals surface area contributed by atoms with Crippen LogP contribution in [0.2, 0.25) is 0 Å². The van der Waals surface area contributed by atoms with Gasteiger partial charge in [-0.3, -0.25) is 19.8 Å². The Kier molecular flexibility index (Phi) is 7.16. The molecule has 0 aliphatic carbocycles. The van der Waals surface area contributed by atoms with E-state index in [2.05, 4.69) is 41.1 Å². The van der Waals surface area contributed by atoms with Crippen LogP contribution >= 0.6 is 0 Å². The molecule has 0 bridgehead atoms. The highest BCUT2D eigenvalue weighted by Crippen LogP contribution is 2.20. The molecule has 0 saturated heterocycles. The Hall–Kier alpha value is -2.40. The van der Waals surface area contributed by atoms with Gasteiger partial charge in [-0.15, -0.1) is 0 Å². The summed E-state index contributed by atoms with van der Waals surface area (Å²) in [5.41, 5.74) is 4.17. The molecule has 2 rings (SSSR count). The van der Waals surface area contributed by atoms with Gasteiger partial charge in [-0.05, 0) is 30.9 Å². The Balaban J connectivity index is 2.23. The van der Waals surface area contributed by atoms with Crippen LogP contribution in [0.25, 0.3) is 0 Å². The van der Waals surface area contributed by atoms with Crippen LogP contribution in [-0.2, 0) is 13.0 Å². The van der Waals surface area contributed by atoms with Crippen molar-refractivity contribution in [1.82, 2.24) is 14.7 Å². The topological polar surface area (TPSA) is 53.4 Å². The molecule has 0 amide bonds. The molecule has 0 radical (unpaired) electrons. The number of aromatic nitrogens is 2. The fourth-order valence-corrected chi connectivity index (χ4v) is 3.41. The van der Waals surface area contributed by atoms with Crippen molar-refractivity contribution < 1.29 is 0 Å². The van der Waals surface area contributed by atoms with Crippen molar-refractivity contribution in [2.24, 2.45) is 4.99 Å². The average molecular weight is 354 g/mol. The van der Waals surface area contributed by atoms with E-state index in [1.807, 2.05) is 19.2 Å². The summed E-state index contributed by atoms with van der Waals surface area (Å²) in [5.74, 6) is 0. The van der Waals surface area contributed by atoms with Crippen molar-refractivity contribution in [3.63, 3.8) is 0 Å². The highest BCUT2D eigenvalue weighted by atomic mass is 16.1. The summed E-state index contributed by atoms with van der Waals surface area (Å²) in [5, 5.41) is 3.33. The summed E-state index contributed by atoms with van der Waals surface area (Å²) in [6, 6.07) is -0.0974. The van der Waals surface area contributed by atoms with E-state index < -0.39 is 0 Å². The molecule has 1 unspecified atom stereocenters. The van der Waals surface area contributed by atoms with Crippen molar-refractivity contribution in [3.05, 3.63) is 70.2 Å². The number of fused-ring (bicyclic) bond motifs is 1. The van der Waals surface area contributed by atoms with E-state index in [1.165, 1.54) is 5.57 Å². The van der Waals surface area contributed by atoms with Crippen molar-refractivity contribution in [1.29, 1.82) is 0 Å². The van der Waals surface area contributed by atoms with Gasteiger partial charge in [-0.25, -0.2) is 4.68 Å². The molecular weight excluding hydrogens is 324 g/mol. The maximum absolute atomic E-state index is 12.8. The minimum absolute atomic E-state index is 0.0726. The average Bonchev–Trinajstić information content (AvgIpc) is 2.95. The van der Waals surface area contributed by atoms with Crippen LogP contribution in [0, 0.1) is 0 Å². The maximum atomic E-state index is 12.8. The molecule has 0 spiro atoms. The van der Waals surface area contributed by atoms with Gasteiger partial charge >= 0.3 is 0 Å². The van der Waals surface area contributed by atoms with Crippen LogP contribution in [0.15, 0.2) is 58.4 Å². The van der Waals surface area contributed by atoms with E-state index in [4.69, 9.17) is 0 Å². The van der Waals surface area contributed by atoms with Crippen LogP contribution < -0.4 is 5.56 Å². The zero-order valence-corrected chi connectivity index (χ0v) is 16.2. The molecule has 5 nitrogen and oxygen atoms in total. The number of H-pyrrole nitrogens is 1. The molecule has 1 aromatic heterocycles. The monoisotopic (exact) mass is 354 g/mol. The quantitative estimate of drug-likeness (QED) is 0.574. The number of hydrogen-bond donors (Lipinski definition) is 1. The first-order valence-electron chi connectivity index (χ1n) is 9.16. The maximum Gasteiger partial charge on any atom is 0.270 e. The number of allylic oxidation sites excluding steroid dienone is 5. The van der Waals surface area contributed by atoms with Gasteiger partial charge in [-0.2, -0.15) is 0 Å². The highest BCUT2D eigenvalue weighted by molar-refractivity contribution is 5.78. The van der Waals surface area contributed by atoms with Gasteiger partial charge in [0.2, 0.25) is 0 Å². The third-order valence-corrected chi connectivity index (χ3v) is 4.74. The fourth-order valence-electron chi connectivity index (χ4n) is 3.41. The summed E-state index contributed by atoms with van der Waals surface area (Å²) < 4.78 is 1.71. The minimum atomic E-state index is -0.0974. The number of nitrogens with one attached hydrogen (secondary N) is 1. The van der Waals surface area contributed by atoms with E-state index in [9.17, 15) is 4.79 Å². The summed E-state index contributed by atoms with van der Waals surface area (Å²) >= 11 is 0. The minimum Gasteiger partial charge on any atom is -0.298 e. The van der Waals surface area contributed by atoms with Gasteiger partial charge in [0.15, 0.2) is 0 Å². The first-order chi connectivity index (χ1) is 12.5. The molecule has 1 aliphatic heterocycles. The van der Waals surface area contributed by atoms with Gasteiger partial charge in [-0.1, -0.05) is 44.4 Å². The lowest BCUT2D eigenvalue weighted by atomic mass is 10.1. The molecule has 2 heterocycles. The molecule has 140 valence electrons. The smallest absolute Gasteiger partial charge is 0.270 e. The van der Waals surface area contributed by atoms with Crippen molar-refractivity contribution >= 4 is 6.21 Å². The first-order valence-corrected chi connectivity index (χ1v) is 9.16. The molecule has 26 heavy (non-hydrogen) atoms. The summed E-state index contributed by atoms with van der Waals surface area (Å²) in [6.07, 6.45) is 11.3. The summed E-state index contributed by atoms with van der Waals surface area (Å²) in [4.78, 5) is 19.3. The van der Waals surface area contributed by atoms with Crippen LogP contribution in [0.4, 0.5) is 0 Å². The second-order valence-corrected chi connectivity index (χ2v) is 6.56. The normalized spacial score (nSPS) is 17.3.